The molecule has 1 aliphatic heterocycles. The molecule has 0 saturated carbocycles. The van der Waals surface area contributed by atoms with Gasteiger partial charge < -0.3 is 14.4 Å². The molecule has 3 rings (SSSR count). The monoisotopic (exact) mass is 388 g/mol. The molecular formula is C19H28N6O3. The molecule has 0 N–H and O–H groups in total. The van der Waals surface area contributed by atoms with E-state index in [0.717, 1.165) is 23.6 Å². The Morgan fingerprint density at radius 3 is 2.64 bits per heavy atom. The molecule has 9 heteroatoms. The number of carbonyl (C=O) groups excluding carboxylic acids is 1. The fraction of sp³-hybridized carbons (Fsp3) is 0.579. The fourth-order valence-corrected chi connectivity index (χ4v) is 3.65. The minimum absolute atomic E-state index is 0.102. The highest BCUT2D eigenvalue weighted by Gasteiger charge is 2.47. The number of tetrazole rings is 1. The number of benzene rings is 1. The van der Waals surface area contributed by atoms with Crippen molar-refractivity contribution in [3.63, 3.8) is 0 Å². The van der Waals surface area contributed by atoms with E-state index < -0.39 is 5.54 Å². The predicted octanol–water partition coefficient (Wildman–Crippen LogP) is 0.560. The molecule has 1 aliphatic rings. The van der Waals surface area contributed by atoms with Crippen LogP contribution >= 0.6 is 0 Å². The summed E-state index contributed by atoms with van der Waals surface area (Å²) in [6.07, 6.45) is 1.14. The summed E-state index contributed by atoms with van der Waals surface area (Å²) >= 11 is 0. The van der Waals surface area contributed by atoms with E-state index in [0.29, 0.717) is 32.7 Å². The van der Waals surface area contributed by atoms with Crippen LogP contribution in [0.25, 0.3) is 0 Å². The summed E-state index contributed by atoms with van der Waals surface area (Å²) in [6.45, 7) is 2.34. The molecule has 9 nitrogen and oxygen atoms in total. The lowest BCUT2D eigenvalue weighted by Crippen LogP contribution is -2.47. The molecule has 0 aliphatic carbocycles. The van der Waals surface area contributed by atoms with Crippen molar-refractivity contribution >= 4 is 5.91 Å². The molecule has 1 unspecified atom stereocenters. The second-order valence-corrected chi connectivity index (χ2v) is 7.23. The zero-order chi connectivity index (χ0) is 20.1. The Bertz CT molecular complexity index is 791. The summed E-state index contributed by atoms with van der Waals surface area (Å²) in [7, 11) is 7.30. The molecule has 1 saturated heterocycles. The van der Waals surface area contributed by atoms with Crippen molar-refractivity contribution in [2.75, 3.05) is 48.0 Å². The van der Waals surface area contributed by atoms with Crippen LogP contribution in [0.1, 0.15) is 17.8 Å². The van der Waals surface area contributed by atoms with Gasteiger partial charge in [-0.2, -0.15) is 0 Å². The van der Waals surface area contributed by atoms with Crippen molar-refractivity contribution in [2.45, 2.75) is 24.9 Å². The summed E-state index contributed by atoms with van der Waals surface area (Å²) in [6, 6.07) is 7.61. The molecule has 1 aromatic carbocycles. The first-order valence-corrected chi connectivity index (χ1v) is 9.34. The topological polar surface area (TPSA) is 85.6 Å². The molecule has 2 aromatic rings. The van der Waals surface area contributed by atoms with Gasteiger partial charge in [0.05, 0.1) is 26.7 Å². The molecule has 0 bridgehead atoms. The molecule has 1 atom stereocenters. The number of hydrogen-bond donors (Lipinski definition) is 0. The van der Waals surface area contributed by atoms with Crippen molar-refractivity contribution in [2.24, 2.45) is 0 Å². The van der Waals surface area contributed by atoms with Gasteiger partial charge in [0, 0.05) is 20.2 Å². The molecule has 152 valence electrons. The van der Waals surface area contributed by atoms with Crippen molar-refractivity contribution < 1.29 is 14.3 Å². The SMILES string of the molecule is COCCn1nnnc1C1(N(C)C)CCN(C(=O)Cc2ccc(OC)cc2)C1. The van der Waals surface area contributed by atoms with Crippen LogP contribution in [-0.2, 0) is 28.0 Å². The van der Waals surface area contributed by atoms with Gasteiger partial charge in [0.15, 0.2) is 5.82 Å². The lowest BCUT2D eigenvalue weighted by atomic mass is 9.96. The van der Waals surface area contributed by atoms with Crippen LogP contribution in [0, 0.1) is 0 Å². The number of nitrogens with zero attached hydrogens (tertiary/aromatic N) is 6. The summed E-state index contributed by atoms with van der Waals surface area (Å²) in [5, 5.41) is 12.3. The number of amides is 1. The highest BCUT2D eigenvalue weighted by atomic mass is 16.5. The molecule has 2 heterocycles. The number of hydrogen-bond acceptors (Lipinski definition) is 7. The van der Waals surface area contributed by atoms with Crippen molar-refractivity contribution in [1.82, 2.24) is 30.0 Å². The van der Waals surface area contributed by atoms with Gasteiger partial charge in [-0.05, 0) is 48.6 Å². The third kappa shape index (κ3) is 4.00. The summed E-state index contributed by atoms with van der Waals surface area (Å²) in [4.78, 5) is 16.9. The van der Waals surface area contributed by atoms with Gasteiger partial charge >= 0.3 is 0 Å². The number of likely N-dealkylation sites (N-methyl/N-ethyl adjacent to an activating group) is 1. The Balaban J connectivity index is 1.74. The Kier molecular flexibility index (Phi) is 6.25. The number of rotatable bonds is 8. The second kappa shape index (κ2) is 8.66. The summed E-state index contributed by atoms with van der Waals surface area (Å²) < 4.78 is 12.1. The minimum atomic E-state index is -0.410. The fourth-order valence-electron chi connectivity index (χ4n) is 3.65. The van der Waals surface area contributed by atoms with Crippen LogP contribution in [0.5, 0.6) is 5.75 Å². The van der Waals surface area contributed by atoms with Gasteiger partial charge in [-0.25, -0.2) is 4.68 Å². The zero-order valence-electron chi connectivity index (χ0n) is 17.0. The lowest BCUT2D eigenvalue weighted by Gasteiger charge is -2.34. The summed E-state index contributed by atoms with van der Waals surface area (Å²) in [5.74, 6) is 1.66. The maximum atomic E-state index is 12.9. The standard InChI is InChI=1S/C19H28N6O3/c1-23(2)19(18-20-21-22-25(18)11-12-27-3)9-10-24(14-19)17(26)13-15-5-7-16(28-4)8-6-15/h5-8H,9-14H2,1-4H3. The first-order valence-electron chi connectivity index (χ1n) is 9.34. The molecule has 0 radical (unpaired) electrons. The molecular weight excluding hydrogens is 360 g/mol. The van der Waals surface area contributed by atoms with E-state index in [2.05, 4.69) is 20.4 Å². The number of likely N-dealkylation sites (tertiary alicyclic amines) is 1. The minimum Gasteiger partial charge on any atom is -0.497 e. The molecule has 1 fully saturated rings. The van der Waals surface area contributed by atoms with Crippen LogP contribution in [0.4, 0.5) is 0 Å². The average molecular weight is 388 g/mol. The quantitative estimate of drug-likeness (QED) is 0.653. The van der Waals surface area contributed by atoms with Gasteiger partial charge in [0.25, 0.3) is 0 Å². The Hall–Kier alpha value is -2.52. The number of methoxy groups -OCH3 is 2. The maximum absolute atomic E-state index is 12.9. The first kappa shape index (κ1) is 20.2. The van der Waals surface area contributed by atoms with Gasteiger partial charge in [0.1, 0.15) is 11.3 Å². The molecule has 1 aromatic heterocycles. The number of carbonyl (C=O) groups is 1. The highest BCUT2D eigenvalue weighted by Crippen LogP contribution is 2.35. The second-order valence-electron chi connectivity index (χ2n) is 7.23. The third-order valence-electron chi connectivity index (χ3n) is 5.43. The number of aromatic nitrogens is 4. The van der Waals surface area contributed by atoms with Crippen LogP contribution in [-0.4, -0.2) is 83.9 Å². The third-order valence-corrected chi connectivity index (χ3v) is 5.43. The average Bonchev–Trinajstić information content (AvgIpc) is 3.34. The van der Waals surface area contributed by atoms with Crippen LogP contribution in [0.3, 0.4) is 0 Å². The molecule has 0 spiro atoms. The van der Waals surface area contributed by atoms with E-state index in [-0.39, 0.29) is 5.91 Å². The van der Waals surface area contributed by atoms with Crippen molar-refractivity contribution in [3.8, 4) is 5.75 Å². The van der Waals surface area contributed by atoms with E-state index in [1.54, 1.807) is 18.9 Å². The van der Waals surface area contributed by atoms with E-state index in [1.807, 2.05) is 43.3 Å². The summed E-state index contributed by atoms with van der Waals surface area (Å²) in [5.41, 5.74) is 0.561. The Morgan fingerprint density at radius 2 is 2.00 bits per heavy atom. The molecule has 1 amide bonds. The van der Waals surface area contributed by atoms with Crippen LogP contribution in [0.2, 0.25) is 0 Å². The Labute approximate surface area is 165 Å². The van der Waals surface area contributed by atoms with Gasteiger partial charge in [-0.1, -0.05) is 12.1 Å². The number of ether oxygens (including phenoxy) is 2. The van der Waals surface area contributed by atoms with E-state index in [4.69, 9.17) is 9.47 Å². The van der Waals surface area contributed by atoms with Gasteiger partial charge in [-0.15, -0.1) is 5.10 Å². The normalized spacial score (nSPS) is 19.4. The van der Waals surface area contributed by atoms with Crippen molar-refractivity contribution in [1.29, 1.82) is 0 Å². The van der Waals surface area contributed by atoms with Crippen LogP contribution < -0.4 is 4.74 Å². The first-order chi connectivity index (χ1) is 13.5. The lowest BCUT2D eigenvalue weighted by molar-refractivity contribution is -0.130. The van der Waals surface area contributed by atoms with Gasteiger partial charge in [0.2, 0.25) is 5.91 Å². The van der Waals surface area contributed by atoms with Crippen LogP contribution in [0.15, 0.2) is 24.3 Å². The van der Waals surface area contributed by atoms with Gasteiger partial charge in [-0.3, -0.25) is 9.69 Å². The highest BCUT2D eigenvalue weighted by molar-refractivity contribution is 5.79. The maximum Gasteiger partial charge on any atom is 0.227 e. The predicted molar refractivity (Wildman–Crippen MR) is 103 cm³/mol. The smallest absolute Gasteiger partial charge is 0.227 e. The zero-order valence-corrected chi connectivity index (χ0v) is 17.0. The largest absolute Gasteiger partial charge is 0.497 e. The van der Waals surface area contributed by atoms with E-state index >= 15 is 0 Å². The van der Waals surface area contributed by atoms with E-state index in [1.165, 1.54) is 0 Å². The van der Waals surface area contributed by atoms with Crippen molar-refractivity contribution in [3.05, 3.63) is 35.7 Å². The molecule has 28 heavy (non-hydrogen) atoms. The Morgan fingerprint density at radius 1 is 1.25 bits per heavy atom. The van der Waals surface area contributed by atoms with E-state index in [9.17, 15) is 4.79 Å².